The van der Waals surface area contributed by atoms with Crippen LogP contribution in [0.15, 0.2) is 18.5 Å². The van der Waals surface area contributed by atoms with Crippen molar-refractivity contribution in [1.82, 2.24) is 19.5 Å². The normalized spacial score (nSPS) is 21.5. The molecule has 96 valence electrons. The third-order valence-electron chi connectivity index (χ3n) is 3.43. The molecule has 6 nitrogen and oxygen atoms in total. The van der Waals surface area contributed by atoms with Gasteiger partial charge in [0.05, 0.1) is 11.8 Å². The first-order chi connectivity index (χ1) is 8.74. The number of rotatable bonds is 2. The molecule has 1 saturated heterocycles. The Bertz CT molecular complexity index is 552. The molecule has 1 fully saturated rings. The number of nitrogens with two attached hydrogens (primary N) is 1. The highest BCUT2D eigenvalue weighted by atomic mass is 16.3. The van der Waals surface area contributed by atoms with Gasteiger partial charge < -0.3 is 10.8 Å². The van der Waals surface area contributed by atoms with E-state index >= 15 is 0 Å². The maximum absolute atomic E-state index is 9.67. The van der Waals surface area contributed by atoms with Gasteiger partial charge >= 0.3 is 0 Å². The number of hydrogen-bond donors (Lipinski definition) is 2. The Morgan fingerprint density at radius 1 is 1.44 bits per heavy atom. The van der Waals surface area contributed by atoms with Gasteiger partial charge in [0.2, 0.25) is 0 Å². The fraction of sp³-hybridized carbons (Fsp3) is 0.500. The first kappa shape index (κ1) is 11.4. The van der Waals surface area contributed by atoms with E-state index in [1.807, 2.05) is 16.6 Å². The molecule has 1 aliphatic heterocycles. The number of β-amino-alcohol motifs (C(OH)–C–C–N with tert-alkyl or cyclic N) is 1. The van der Waals surface area contributed by atoms with Crippen LogP contribution in [0.2, 0.25) is 0 Å². The van der Waals surface area contributed by atoms with Crippen molar-refractivity contribution in [1.29, 1.82) is 0 Å². The summed E-state index contributed by atoms with van der Waals surface area (Å²) in [6.07, 6.45) is 3.21. The molecule has 0 radical (unpaired) electrons. The highest BCUT2D eigenvalue weighted by molar-refractivity contribution is 5.65. The Morgan fingerprint density at radius 2 is 2.33 bits per heavy atom. The largest absolute Gasteiger partial charge is 0.392 e. The second-order valence-electron chi connectivity index (χ2n) is 4.80. The highest BCUT2D eigenvalue weighted by Crippen LogP contribution is 2.17. The van der Waals surface area contributed by atoms with E-state index in [4.69, 9.17) is 5.73 Å². The number of nitrogens with zero attached hydrogens (tertiary/aromatic N) is 4. The maximum Gasteiger partial charge on any atom is 0.151 e. The maximum atomic E-state index is 9.67. The molecule has 0 aliphatic carbocycles. The van der Waals surface area contributed by atoms with Crippen molar-refractivity contribution in [3.05, 3.63) is 24.2 Å². The molecule has 0 aromatic carbocycles. The number of hydrogen-bond acceptors (Lipinski definition) is 5. The fourth-order valence-electron chi connectivity index (χ4n) is 2.53. The third-order valence-corrected chi connectivity index (χ3v) is 3.43. The Morgan fingerprint density at radius 3 is 3.17 bits per heavy atom. The lowest BCUT2D eigenvalue weighted by Gasteiger charge is -2.29. The summed E-state index contributed by atoms with van der Waals surface area (Å²) in [5, 5.41) is 13.9. The van der Waals surface area contributed by atoms with Crippen LogP contribution in [0.5, 0.6) is 0 Å². The number of aliphatic hydroxyl groups is 1. The van der Waals surface area contributed by atoms with Crippen molar-refractivity contribution < 1.29 is 5.11 Å². The zero-order valence-electron chi connectivity index (χ0n) is 10.2. The summed E-state index contributed by atoms with van der Waals surface area (Å²) in [6, 6.07) is 3.95. The van der Waals surface area contributed by atoms with Gasteiger partial charge in [-0.15, -0.1) is 0 Å². The zero-order valence-corrected chi connectivity index (χ0v) is 10.2. The number of likely N-dealkylation sites (tertiary alicyclic amines) is 1. The number of fused-ring (bicyclic) bond motifs is 1. The fourth-order valence-corrected chi connectivity index (χ4v) is 2.53. The van der Waals surface area contributed by atoms with Crippen LogP contribution >= 0.6 is 0 Å². The smallest absolute Gasteiger partial charge is 0.151 e. The second kappa shape index (κ2) is 4.55. The van der Waals surface area contributed by atoms with E-state index in [0.29, 0.717) is 5.82 Å². The number of aromatic nitrogens is 3. The summed E-state index contributed by atoms with van der Waals surface area (Å²) in [4.78, 5) is 6.22. The second-order valence-corrected chi connectivity index (χ2v) is 4.80. The molecular weight excluding hydrogens is 230 g/mol. The molecule has 0 bridgehead atoms. The predicted molar refractivity (Wildman–Crippen MR) is 67.9 cm³/mol. The van der Waals surface area contributed by atoms with E-state index < -0.39 is 0 Å². The van der Waals surface area contributed by atoms with E-state index in [9.17, 15) is 5.11 Å². The van der Waals surface area contributed by atoms with Gasteiger partial charge in [-0.1, -0.05) is 0 Å². The molecule has 3 N–H and O–H groups in total. The van der Waals surface area contributed by atoms with Crippen LogP contribution in [0.25, 0.3) is 5.52 Å². The van der Waals surface area contributed by atoms with E-state index in [1.54, 1.807) is 0 Å². The molecule has 0 saturated carbocycles. The zero-order chi connectivity index (χ0) is 12.5. The lowest BCUT2D eigenvalue weighted by atomic mass is 10.1. The lowest BCUT2D eigenvalue weighted by Crippen LogP contribution is -2.37. The molecule has 6 heteroatoms. The van der Waals surface area contributed by atoms with Gasteiger partial charge in [0.1, 0.15) is 11.8 Å². The number of aliphatic hydroxyl groups excluding tert-OH is 1. The van der Waals surface area contributed by atoms with Crippen molar-refractivity contribution in [2.24, 2.45) is 0 Å². The number of anilines is 1. The van der Waals surface area contributed by atoms with Crippen molar-refractivity contribution in [2.45, 2.75) is 25.5 Å². The molecular formula is C12H17N5O. The Kier molecular flexibility index (Phi) is 2.89. The average Bonchev–Trinajstić information content (AvgIpc) is 2.74. The molecule has 1 aliphatic rings. The van der Waals surface area contributed by atoms with Crippen molar-refractivity contribution in [2.75, 3.05) is 18.8 Å². The minimum absolute atomic E-state index is 0.204. The number of nitrogen functional groups attached to an aromatic ring is 1. The minimum atomic E-state index is -0.204. The van der Waals surface area contributed by atoms with Crippen LogP contribution in [-0.2, 0) is 6.54 Å². The van der Waals surface area contributed by atoms with Gasteiger partial charge in [0.25, 0.3) is 0 Å². The first-order valence-electron chi connectivity index (χ1n) is 6.21. The number of piperidine rings is 1. The summed E-state index contributed by atoms with van der Waals surface area (Å²) >= 11 is 0. The molecule has 0 amide bonds. The van der Waals surface area contributed by atoms with E-state index in [0.717, 1.165) is 43.7 Å². The Balaban J connectivity index is 1.84. The first-order valence-corrected chi connectivity index (χ1v) is 6.21. The molecule has 2 aromatic heterocycles. The molecule has 3 heterocycles. The van der Waals surface area contributed by atoms with Crippen LogP contribution < -0.4 is 5.73 Å². The Hall–Kier alpha value is -1.66. The van der Waals surface area contributed by atoms with Gasteiger partial charge in [-0.3, -0.25) is 4.90 Å². The molecule has 3 rings (SSSR count). The molecule has 2 aromatic rings. The summed E-state index contributed by atoms with van der Waals surface area (Å²) in [5.74, 6) is 0.495. The molecule has 0 spiro atoms. The van der Waals surface area contributed by atoms with Gasteiger partial charge in [0.15, 0.2) is 5.82 Å². The Labute approximate surface area is 105 Å². The van der Waals surface area contributed by atoms with Crippen molar-refractivity contribution in [3.63, 3.8) is 0 Å². The van der Waals surface area contributed by atoms with Gasteiger partial charge in [-0.25, -0.2) is 9.50 Å². The summed E-state index contributed by atoms with van der Waals surface area (Å²) in [5.41, 5.74) is 7.71. The van der Waals surface area contributed by atoms with Crippen LogP contribution in [0.4, 0.5) is 5.82 Å². The van der Waals surface area contributed by atoms with E-state index in [-0.39, 0.29) is 6.10 Å². The van der Waals surface area contributed by atoms with E-state index in [2.05, 4.69) is 15.0 Å². The van der Waals surface area contributed by atoms with Gasteiger partial charge in [-0.05, 0) is 31.5 Å². The minimum Gasteiger partial charge on any atom is -0.392 e. The van der Waals surface area contributed by atoms with Crippen molar-refractivity contribution >= 4 is 11.3 Å². The lowest BCUT2D eigenvalue weighted by molar-refractivity contribution is 0.0659. The molecule has 1 unspecified atom stereocenters. The standard InChI is InChI=1S/C12H17N5O/c13-12-11-4-3-9(17(11)15-8-14-12)6-16-5-1-2-10(18)7-16/h3-4,8,10,18H,1-2,5-7H2,(H2,13,14,15). The summed E-state index contributed by atoms with van der Waals surface area (Å²) in [7, 11) is 0. The van der Waals surface area contributed by atoms with Gasteiger partial charge in [-0.2, -0.15) is 5.10 Å². The van der Waals surface area contributed by atoms with Gasteiger partial charge in [0, 0.05) is 13.1 Å². The van der Waals surface area contributed by atoms with Crippen LogP contribution in [0, 0.1) is 0 Å². The SMILES string of the molecule is Nc1ncnn2c(CN3CCCC(O)C3)ccc12. The van der Waals surface area contributed by atoms with Crippen LogP contribution in [-0.4, -0.2) is 43.8 Å². The monoisotopic (exact) mass is 247 g/mol. The molecule has 18 heavy (non-hydrogen) atoms. The summed E-state index contributed by atoms with van der Waals surface area (Å²) in [6.45, 7) is 2.53. The highest BCUT2D eigenvalue weighted by Gasteiger charge is 2.19. The summed E-state index contributed by atoms with van der Waals surface area (Å²) < 4.78 is 1.82. The third kappa shape index (κ3) is 2.04. The van der Waals surface area contributed by atoms with Crippen LogP contribution in [0.1, 0.15) is 18.5 Å². The predicted octanol–water partition coefficient (Wildman–Crippen LogP) is 0.268. The average molecular weight is 247 g/mol. The quantitative estimate of drug-likeness (QED) is 0.796. The molecule has 1 atom stereocenters. The van der Waals surface area contributed by atoms with Crippen molar-refractivity contribution in [3.8, 4) is 0 Å². The van der Waals surface area contributed by atoms with Crippen LogP contribution in [0.3, 0.4) is 0 Å². The topological polar surface area (TPSA) is 79.7 Å². The van der Waals surface area contributed by atoms with E-state index in [1.165, 1.54) is 6.33 Å².